The van der Waals surface area contributed by atoms with Crippen molar-refractivity contribution in [1.82, 2.24) is 29.4 Å². The molecular weight excluding hydrogens is 520 g/mol. The number of hydrogen-bond acceptors (Lipinski definition) is 8. The molecule has 0 spiro atoms. The fourth-order valence-corrected chi connectivity index (χ4v) is 4.93. The van der Waals surface area contributed by atoms with Gasteiger partial charge in [-0.25, -0.2) is 19.2 Å². The third kappa shape index (κ3) is 3.96. The summed E-state index contributed by atoms with van der Waals surface area (Å²) in [6.45, 7) is 2.12. The molecule has 0 N–H and O–H groups in total. The first-order chi connectivity index (χ1) is 19.1. The van der Waals surface area contributed by atoms with Crippen molar-refractivity contribution in [3.05, 3.63) is 107 Å². The predicted molar refractivity (Wildman–Crippen MR) is 141 cm³/mol. The van der Waals surface area contributed by atoms with Gasteiger partial charge in [-0.1, -0.05) is 11.6 Å². The zero-order valence-electron chi connectivity index (χ0n) is 20.9. The number of furan rings is 1. The molecule has 0 saturated heterocycles. The number of aryl methyl sites for hydroxylation is 1. The lowest BCUT2D eigenvalue weighted by molar-refractivity contribution is 0.295. The van der Waals surface area contributed by atoms with E-state index in [1.54, 1.807) is 28.9 Å². The van der Waals surface area contributed by atoms with Crippen molar-refractivity contribution in [2.45, 2.75) is 19.4 Å². The summed E-state index contributed by atoms with van der Waals surface area (Å²) in [6, 6.07) is 18.5. The highest BCUT2D eigenvalue weighted by Crippen LogP contribution is 2.49. The number of nitrogens with zero attached hydrogens (tertiary/aromatic N) is 6. The summed E-state index contributed by atoms with van der Waals surface area (Å²) in [7, 11) is 1.62. The number of rotatable bonds is 6. The highest BCUT2D eigenvalue weighted by Gasteiger charge is 2.39. The van der Waals surface area contributed by atoms with Gasteiger partial charge in [0.15, 0.2) is 11.5 Å². The van der Waals surface area contributed by atoms with Gasteiger partial charge in [0.1, 0.15) is 30.2 Å². The Kier molecular flexibility index (Phi) is 5.48. The molecule has 10 nitrogen and oxygen atoms in total. The van der Waals surface area contributed by atoms with Crippen LogP contribution in [0, 0.1) is 6.92 Å². The van der Waals surface area contributed by atoms with E-state index in [1.807, 2.05) is 67.6 Å². The van der Waals surface area contributed by atoms with Crippen LogP contribution in [0.4, 0.5) is 0 Å². The van der Waals surface area contributed by atoms with Gasteiger partial charge in [-0.2, -0.15) is 5.10 Å². The van der Waals surface area contributed by atoms with E-state index in [0.29, 0.717) is 39.8 Å². The highest BCUT2D eigenvalue weighted by molar-refractivity contribution is 6.30. The third-order valence-electron chi connectivity index (χ3n) is 6.59. The minimum Gasteiger partial charge on any atom is -0.497 e. The predicted octanol–water partition coefficient (Wildman–Crippen LogP) is 5.74. The number of aromatic nitrogens is 6. The van der Waals surface area contributed by atoms with Crippen LogP contribution in [0.1, 0.15) is 34.3 Å². The molecule has 1 atom stereocenters. The zero-order chi connectivity index (χ0) is 26.5. The molecule has 6 aromatic rings. The minimum atomic E-state index is -0.365. The van der Waals surface area contributed by atoms with Crippen molar-refractivity contribution in [2.24, 2.45) is 0 Å². The second kappa shape index (κ2) is 9.17. The first-order valence-electron chi connectivity index (χ1n) is 12.2. The minimum absolute atomic E-state index is 0.174. The van der Waals surface area contributed by atoms with Gasteiger partial charge >= 0.3 is 0 Å². The van der Waals surface area contributed by atoms with Gasteiger partial charge in [0.05, 0.1) is 41.8 Å². The quantitative estimate of drug-likeness (QED) is 0.263. The molecule has 0 unspecified atom stereocenters. The number of hydrogen-bond donors (Lipinski definition) is 0. The van der Waals surface area contributed by atoms with Gasteiger partial charge in [-0.15, -0.1) is 5.10 Å². The molecule has 0 bridgehead atoms. The summed E-state index contributed by atoms with van der Waals surface area (Å²) < 4.78 is 26.8. The average Bonchev–Trinajstić information content (AvgIpc) is 3.71. The summed E-state index contributed by atoms with van der Waals surface area (Å²) >= 11 is 6.12. The summed E-state index contributed by atoms with van der Waals surface area (Å²) in [5.41, 5.74) is 3.80. The fourth-order valence-electron chi connectivity index (χ4n) is 4.80. The monoisotopic (exact) mass is 540 g/mol. The van der Waals surface area contributed by atoms with E-state index in [-0.39, 0.29) is 12.5 Å². The van der Waals surface area contributed by atoms with Crippen LogP contribution >= 0.6 is 11.6 Å². The van der Waals surface area contributed by atoms with Crippen molar-refractivity contribution in [1.29, 1.82) is 0 Å². The zero-order valence-corrected chi connectivity index (χ0v) is 21.7. The van der Waals surface area contributed by atoms with Crippen LogP contribution in [0.2, 0.25) is 5.02 Å². The van der Waals surface area contributed by atoms with Crippen molar-refractivity contribution >= 4 is 17.2 Å². The van der Waals surface area contributed by atoms with Crippen LogP contribution in [0.25, 0.3) is 11.3 Å². The van der Waals surface area contributed by atoms with Crippen LogP contribution < -0.4 is 14.2 Å². The Labute approximate surface area is 227 Å². The number of ether oxygens (including phenoxy) is 3. The van der Waals surface area contributed by atoms with E-state index in [0.717, 1.165) is 28.3 Å². The van der Waals surface area contributed by atoms with Gasteiger partial charge in [-0.3, -0.25) is 0 Å². The van der Waals surface area contributed by atoms with E-state index in [9.17, 15) is 0 Å². The Morgan fingerprint density at radius 3 is 2.51 bits per heavy atom. The average molecular weight is 541 g/mol. The Bertz CT molecular complexity index is 1790. The van der Waals surface area contributed by atoms with Crippen LogP contribution in [0.15, 0.2) is 77.7 Å². The molecule has 7 rings (SSSR count). The lowest BCUT2D eigenvalue weighted by Gasteiger charge is -2.24. The number of halogens is 1. The van der Waals surface area contributed by atoms with Gasteiger partial charge in [-0.05, 0) is 67.6 Å². The smallest absolute Gasteiger partial charge is 0.230 e. The fraction of sp³-hybridized carbons (Fsp3) is 0.143. The van der Waals surface area contributed by atoms with Gasteiger partial charge < -0.3 is 18.6 Å². The lowest BCUT2D eigenvalue weighted by Crippen LogP contribution is -2.15. The van der Waals surface area contributed by atoms with Crippen LogP contribution in [-0.2, 0) is 6.61 Å². The second-order valence-corrected chi connectivity index (χ2v) is 9.40. The molecule has 0 aliphatic carbocycles. The van der Waals surface area contributed by atoms with Crippen LogP contribution in [-0.4, -0.2) is 36.5 Å². The van der Waals surface area contributed by atoms with E-state index >= 15 is 0 Å². The Morgan fingerprint density at radius 1 is 0.974 bits per heavy atom. The normalized spacial score (nSPS) is 14.1. The van der Waals surface area contributed by atoms with Gasteiger partial charge in [0.25, 0.3) is 0 Å². The largest absolute Gasteiger partial charge is 0.497 e. The lowest BCUT2D eigenvalue weighted by atomic mass is 9.88. The number of benzene rings is 2. The van der Waals surface area contributed by atoms with E-state index in [2.05, 4.69) is 10.1 Å². The standard InChI is InChI=1S/C28H21ClN6O4/c1-16-23-24(21-4-3-13-37-21)25-26-31-22(14-38-20-11-9-19(36-2)10-12-20)33-34(26)15-30-27(25)39-28(23)35(32-16)18-7-5-17(29)6-8-18/h3-13,15,24H,14H2,1-2H3/t24-/m0/s1. The Balaban J connectivity index is 1.31. The molecule has 0 amide bonds. The molecule has 4 aromatic heterocycles. The maximum Gasteiger partial charge on any atom is 0.230 e. The summed E-state index contributed by atoms with van der Waals surface area (Å²) in [5.74, 6) is 3.25. The molecule has 2 aromatic carbocycles. The maximum atomic E-state index is 6.40. The summed E-state index contributed by atoms with van der Waals surface area (Å²) in [5, 5.41) is 10.0. The number of fused-ring (bicyclic) bond motifs is 4. The van der Waals surface area contributed by atoms with Crippen molar-refractivity contribution in [2.75, 3.05) is 7.11 Å². The van der Waals surface area contributed by atoms with E-state index in [4.69, 9.17) is 40.3 Å². The molecule has 0 saturated carbocycles. The first-order valence-corrected chi connectivity index (χ1v) is 12.5. The Hall–Kier alpha value is -4.83. The molecule has 5 heterocycles. The molecule has 39 heavy (non-hydrogen) atoms. The topological polar surface area (TPSA) is 102 Å². The number of methoxy groups -OCH3 is 1. The van der Waals surface area contributed by atoms with Gasteiger partial charge in [0, 0.05) is 5.02 Å². The van der Waals surface area contributed by atoms with Gasteiger partial charge in [0.2, 0.25) is 11.8 Å². The maximum absolute atomic E-state index is 6.40. The molecule has 1 aliphatic heterocycles. The summed E-state index contributed by atoms with van der Waals surface area (Å²) in [6.07, 6.45) is 3.23. The summed E-state index contributed by atoms with van der Waals surface area (Å²) in [4.78, 5) is 9.41. The van der Waals surface area contributed by atoms with Crippen LogP contribution in [0.3, 0.4) is 0 Å². The van der Waals surface area contributed by atoms with Crippen LogP contribution in [0.5, 0.6) is 23.3 Å². The first kappa shape index (κ1) is 23.3. The molecular formula is C28H21ClN6O4. The third-order valence-corrected chi connectivity index (χ3v) is 6.84. The Morgan fingerprint density at radius 2 is 1.77 bits per heavy atom. The SMILES string of the molecule is COc1ccc(OCc2nc3c4c(ncn3n2)Oc2c(c(C)nn2-c2ccc(Cl)cc2)[C@@H]4c2ccco2)cc1. The van der Waals surface area contributed by atoms with E-state index < -0.39 is 0 Å². The molecule has 1 aliphatic rings. The van der Waals surface area contributed by atoms with E-state index in [1.165, 1.54) is 0 Å². The van der Waals surface area contributed by atoms with Crippen molar-refractivity contribution in [3.63, 3.8) is 0 Å². The molecule has 194 valence electrons. The van der Waals surface area contributed by atoms with Crippen molar-refractivity contribution in [3.8, 4) is 28.9 Å². The second-order valence-electron chi connectivity index (χ2n) is 8.97. The molecule has 0 radical (unpaired) electrons. The highest BCUT2D eigenvalue weighted by atomic mass is 35.5. The van der Waals surface area contributed by atoms with Crippen molar-refractivity contribution < 1.29 is 18.6 Å². The molecule has 11 heteroatoms. The molecule has 0 fully saturated rings.